The highest BCUT2D eigenvalue weighted by Gasteiger charge is 2.28. The Balaban J connectivity index is 2.51. The normalized spacial score (nSPS) is 17.0. The summed E-state index contributed by atoms with van der Waals surface area (Å²) in [6.07, 6.45) is 1.80. The van der Waals surface area contributed by atoms with E-state index >= 15 is 0 Å². The highest BCUT2D eigenvalue weighted by molar-refractivity contribution is 6.37. The van der Waals surface area contributed by atoms with E-state index in [0.29, 0.717) is 26.9 Å². The molecule has 0 amide bonds. The molecule has 0 unspecified atom stereocenters. The van der Waals surface area contributed by atoms with Gasteiger partial charge in [-0.2, -0.15) is 0 Å². The standard InChI is InChI=1S/C15H12Cl2O3/c1-8-6-14(19)11(15(8)20-9(2)18)7-10-12(16)4-3-5-13(10)17/h3-5,7H,6H2,1-2H3/b11-7-. The third-order valence-corrected chi connectivity index (χ3v) is 3.55. The molecule has 0 spiro atoms. The van der Waals surface area contributed by atoms with Crippen LogP contribution >= 0.6 is 23.2 Å². The van der Waals surface area contributed by atoms with E-state index in [2.05, 4.69) is 0 Å². The molecule has 2 rings (SSSR count). The first-order valence-corrected chi connectivity index (χ1v) is 6.73. The van der Waals surface area contributed by atoms with E-state index in [1.807, 2.05) is 0 Å². The molecule has 0 N–H and O–H groups in total. The lowest BCUT2D eigenvalue weighted by Gasteiger charge is -2.07. The SMILES string of the molecule is CC(=O)OC1=C(C)CC(=O)/C1=C/c1c(Cl)cccc1Cl. The van der Waals surface area contributed by atoms with Crippen molar-refractivity contribution >= 4 is 41.0 Å². The summed E-state index contributed by atoms with van der Waals surface area (Å²) in [6, 6.07) is 5.08. The summed E-state index contributed by atoms with van der Waals surface area (Å²) < 4.78 is 5.12. The van der Waals surface area contributed by atoms with Crippen LogP contribution in [0.4, 0.5) is 0 Å². The Morgan fingerprint density at radius 1 is 1.30 bits per heavy atom. The Bertz CT molecular complexity index is 637. The molecule has 0 saturated carbocycles. The number of ketones is 1. The second-order valence-corrected chi connectivity index (χ2v) is 5.31. The van der Waals surface area contributed by atoms with Crippen LogP contribution in [0.3, 0.4) is 0 Å². The minimum atomic E-state index is -0.467. The maximum atomic E-state index is 12.0. The fraction of sp³-hybridized carbons (Fsp3) is 0.200. The largest absolute Gasteiger partial charge is 0.426 e. The quantitative estimate of drug-likeness (QED) is 0.607. The van der Waals surface area contributed by atoms with Crippen molar-refractivity contribution in [1.29, 1.82) is 0 Å². The molecule has 0 heterocycles. The van der Waals surface area contributed by atoms with Gasteiger partial charge in [-0.15, -0.1) is 0 Å². The van der Waals surface area contributed by atoms with E-state index in [4.69, 9.17) is 27.9 Å². The van der Waals surface area contributed by atoms with Gasteiger partial charge in [-0.3, -0.25) is 9.59 Å². The summed E-state index contributed by atoms with van der Waals surface area (Å²) in [5.41, 5.74) is 1.59. The molecule has 1 aliphatic carbocycles. The van der Waals surface area contributed by atoms with E-state index in [1.165, 1.54) is 6.92 Å². The van der Waals surface area contributed by atoms with Crippen molar-refractivity contribution in [3.8, 4) is 0 Å². The molecule has 3 nitrogen and oxygen atoms in total. The van der Waals surface area contributed by atoms with Gasteiger partial charge < -0.3 is 4.74 Å². The van der Waals surface area contributed by atoms with E-state index in [9.17, 15) is 9.59 Å². The van der Waals surface area contributed by atoms with E-state index < -0.39 is 5.97 Å². The molecular formula is C15H12Cl2O3. The number of rotatable bonds is 2. The summed E-state index contributed by atoms with van der Waals surface area (Å²) in [5.74, 6) is -0.279. The van der Waals surface area contributed by atoms with Crippen molar-refractivity contribution in [2.45, 2.75) is 20.3 Å². The molecule has 1 aromatic rings. The van der Waals surface area contributed by atoms with Crippen molar-refractivity contribution in [2.75, 3.05) is 0 Å². The first-order valence-electron chi connectivity index (χ1n) is 5.97. The number of hydrogen-bond acceptors (Lipinski definition) is 3. The van der Waals surface area contributed by atoms with Crippen LogP contribution in [0.1, 0.15) is 25.8 Å². The third-order valence-electron chi connectivity index (χ3n) is 2.89. The molecule has 0 atom stereocenters. The van der Waals surface area contributed by atoms with Crippen LogP contribution in [0.2, 0.25) is 10.0 Å². The van der Waals surface area contributed by atoms with Gasteiger partial charge in [0.1, 0.15) is 5.76 Å². The Kier molecular flexibility index (Phi) is 4.31. The molecule has 0 aromatic heterocycles. The Hall–Kier alpha value is -1.58. The third kappa shape index (κ3) is 2.94. The van der Waals surface area contributed by atoms with Gasteiger partial charge >= 0.3 is 5.97 Å². The lowest BCUT2D eigenvalue weighted by atomic mass is 10.1. The summed E-state index contributed by atoms with van der Waals surface area (Å²) in [7, 11) is 0. The van der Waals surface area contributed by atoms with Crippen LogP contribution in [-0.4, -0.2) is 11.8 Å². The van der Waals surface area contributed by atoms with Gasteiger partial charge in [0.2, 0.25) is 0 Å². The molecule has 1 aliphatic rings. The predicted molar refractivity (Wildman–Crippen MR) is 78.5 cm³/mol. The predicted octanol–water partition coefficient (Wildman–Crippen LogP) is 4.19. The average Bonchev–Trinajstić information content (AvgIpc) is 2.59. The van der Waals surface area contributed by atoms with E-state index in [0.717, 1.165) is 5.57 Å². The van der Waals surface area contributed by atoms with Crippen molar-refractivity contribution in [1.82, 2.24) is 0 Å². The lowest BCUT2D eigenvalue weighted by molar-refractivity contribution is -0.136. The Morgan fingerprint density at radius 3 is 2.45 bits per heavy atom. The molecule has 5 heteroatoms. The molecule has 1 aromatic carbocycles. The zero-order valence-corrected chi connectivity index (χ0v) is 12.5. The van der Waals surface area contributed by atoms with Gasteiger partial charge in [-0.05, 0) is 30.7 Å². The smallest absolute Gasteiger partial charge is 0.308 e. The van der Waals surface area contributed by atoms with Gasteiger partial charge in [0.05, 0.1) is 5.57 Å². The first-order chi connectivity index (χ1) is 9.40. The van der Waals surface area contributed by atoms with Gasteiger partial charge in [-0.1, -0.05) is 29.3 Å². The van der Waals surface area contributed by atoms with Crippen molar-refractivity contribution in [3.05, 3.63) is 50.7 Å². The summed E-state index contributed by atoms with van der Waals surface area (Å²) in [4.78, 5) is 23.2. The fourth-order valence-corrected chi connectivity index (χ4v) is 2.50. The maximum absolute atomic E-state index is 12.0. The second-order valence-electron chi connectivity index (χ2n) is 4.50. The first kappa shape index (κ1) is 14.8. The van der Waals surface area contributed by atoms with Crippen LogP contribution in [0, 0.1) is 0 Å². The van der Waals surface area contributed by atoms with Crippen LogP contribution in [0.5, 0.6) is 0 Å². The molecule has 0 saturated heterocycles. The molecule has 0 aliphatic heterocycles. The topological polar surface area (TPSA) is 43.4 Å². The number of hydrogen-bond donors (Lipinski definition) is 0. The minimum absolute atomic E-state index is 0.116. The van der Waals surface area contributed by atoms with Crippen molar-refractivity contribution < 1.29 is 14.3 Å². The van der Waals surface area contributed by atoms with Crippen LogP contribution in [0.15, 0.2) is 35.1 Å². The van der Waals surface area contributed by atoms with Crippen molar-refractivity contribution in [3.63, 3.8) is 0 Å². The number of Topliss-reactive ketones (excluding diaryl/α,β-unsaturated/α-hetero) is 1. The summed E-state index contributed by atoms with van der Waals surface area (Å²) in [5, 5.41) is 0.869. The van der Waals surface area contributed by atoms with Gasteiger partial charge in [0.25, 0.3) is 0 Å². The Morgan fingerprint density at radius 2 is 1.90 bits per heavy atom. The highest BCUT2D eigenvalue weighted by atomic mass is 35.5. The zero-order chi connectivity index (χ0) is 14.9. The molecule has 104 valence electrons. The minimum Gasteiger partial charge on any atom is -0.426 e. The molecule has 20 heavy (non-hydrogen) atoms. The second kappa shape index (κ2) is 5.81. The number of benzene rings is 1. The number of allylic oxidation sites excluding steroid dienone is 2. The number of carbonyl (C=O) groups is 2. The van der Waals surface area contributed by atoms with Gasteiger partial charge in [0, 0.05) is 29.0 Å². The van der Waals surface area contributed by atoms with E-state index in [1.54, 1.807) is 31.2 Å². The van der Waals surface area contributed by atoms with Crippen LogP contribution in [0.25, 0.3) is 6.08 Å². The van der Waals surface area contributed by atoms with Crippen LogP contribution < -0.4 is 0 Å². The number of carbonyl (C=O) groups excluding carboxylic acids is 2. The molecule has 0 bridgehead atoms. The van der Waals surface area contributed by atoms with Gasteiger partial charge in [0.15, 0.2) is 5.78 Å². The average molecular weight is 311 g/mol. The van der Waals surface area contributed by atoms with E-state index in [-0.39, 0.29) is 12.2 Å². The lowest BCUT2D eigenvalue weighted by Crippen LogP contribution is -2.03. The molecule has 0 radical (unpaired) electrons. The number of halogens is 2. The summed E-state index contributed by atoms with van der Waals surface area (Å²) >= 11 is 12.2. The highest BCUT2D eigenvalue weighted by Crippen LogP contribution is 2.34. The van der Waals surface area contributed by atoms with Gasteiger partial charge in [-0.25, -0.2) is 0 Å². The number of ether oxygens (including phenoxy) is 1. The number of esters is 1. The monoisotopic (exact) mass is 310 g/mol. The van der Waals surface area contributed by atoms with Crippen molar-refractivity contribution in [2.24, 2.45) is 0 Å². The molecule has 0 fully saturated rings. The fourth-order valence-electron chi connectivity index (χ4n) is 2.00. The summed E-state index contributed by atoms with van der Waals surface area (Å²) in [6.45, 7) is 3.05. The Labute approximate surface area is 126 Å². The maximum Gasteiger partial charge on any atom is 0.308 e. The zero-order valence-electron chi connectivity index (χ0n) is 11.0. The molecular weight excluding hydrogens is 299 g/mol. The van der Waals surface area contributed by atoms with Crippen LogP contribution in [-0.2, 0) is 14.3 Å².